The monoisotopic (exact) mass is 283 g/mol. The van der Waals surface area contributed by atoms with Gasteiger partial charge in [-0.1, -0.05) is 33.1 Å². The predicted octanol–water partition coefficient (Wildman–Crippen LogP) is 3.78. The molecule has 4 heteroatoms. The van der Waals surface area contributed by atoms with Gasteiger partial charge in [-0.3, -0.25) is 4.90 Å². The first-order chi connectivity index (χ1) is 9.26. The summed E-state index contributed by atoms with van der Waals surface area (Å²) in [6.45, 7) is 9.51. The van der Waals surface area contributed by atoms with Crippen LogP contribution in [0.15, 0.2) is 0 Å². The molecule has 1 aliphatic carbocycles. The molecule has 0 radical (unpaired) electrons. The summed E-state index contributed by atoms with van der Waals surface area (Å²) >= 11 is 0. The van der Waals surface area contributed by atoms with Crippen LogP contribution in [0.2, 0.25) is 0 Å². The topological polar surface area (TPSA) is 46.6 Å². The molecule has 1 rings (SSSR count). The molecule has 1 fully saturated rings. The van der Waals surface area contributed by atoms with E-state index in [1.807, 2.05) is 34.6 Å². The van der Waals surface area contributed by atoms with Crippen molar-refractivity contribution in [3.05, 3.63) is 0 Å². The van der Waals surface area contributed by atoms with Gasteiger partial charge in [0.25, 0.3) is 0 Å². The Morgan fingerprint density at radius 3 is 2.15 bits per heavy atom. The van der Waals surface area contributed by atoms with Gasteiger partial charge in [0.15, 0.2) is 0 Å². The average molecular weight is 283 g/mol. The second-order valence-electron chi connectivity index (χ2n) is 7.05. The van der Waals surface area contributed by atoms with Crippen LogP contribution in [0.4, 0.5) is 4.79 Å². The maximum absolute atomic E-state index is 12.5. The minimum Gasteiger partial charge on any atom is -0.444 e. The van der Waals surface area contributed by atoms with Crippen molar-refractivity contribution in [2.75, 3.05) is 0 Å². The van der Waals surface area contributed by atoms with E-state index < -0.39 is 11.6 Å². The Hall–Kier alpha value is -1.06. The van der Waals surface area contributed by atoms with Crippen LogP contribution in [0, 0.1) is 5.92 Å². The van der Waals surface area contributed by atoms with Gasteiger partial charge in [-0.15, -0.1) is 0 Å². The lowest BCUT2D eigenvalue weighted by molar-refractivity contribution is -0.115. The van der Waals surface area contributed by atoms with Gasteiger partial charge in [-0.25, -0.2) is 4.79 Å². The molecule has 1 atom stereocenters. The van der Waals surface area contributed by atoms with Crippen LogP contribution in [0.1, 0.15) is 66.7 Å². The summed E-state index contributed by atoms with van der Waals surface area (Å²) in [6, 6.07) is -0.260. The fourth-order valence-corrected chi connectivity index (χ4v) is 2.73. The van der Waals surface area contributed by atoms with E-state index in [4.69, 9.17) is 4.74 Å². The maximum Gasteiger partial charge on any atom is 0.411 e. The molecule has 0 heterocycles. The van der Waals surface area contributed by atoms with Crippen molar-refractivity contribution in [2.24, 2.45) is 5.92 Å². The third-order valence-corrected chi connectivity index (χ3v) is 3.72. The Kier molecular flexibility index (Phi) is 6.03. The van der Waals surface area contributed by atoms with Crippen molar-refractivity contribution < 1.29 is 14.3 Å². The Balaban J connectivity index is 2.93. The first-order valence-electron chi connectivity index (χ1n) is 7.73. The van der Waals surface area contributed by atoms with E-state index >= 15 is 0 Å². The van der Waals surface area contributed by atoms with Crippen LogP contribution in [0.5, 0.6) is 0 Å². The molecule has 0 aromatic heterocycles. The molecule has 1 saturated carbocycles. The number of amides is 1. The lowest BCUT2D eigenvalue weighted by Crippen LogP contribution is -2.52. The molecule has 0 aliphatic heterocycles. The fraction of sp³-hybridized carbons (Fsp3) is 0.875. The standard InChI is InChI=1S/C16H29NO3/c1-12(2)14(11-18)17(13-9-7-6-8-10-13)15(19)20-16(3,4)5/h11-14H,6-10H2,1-5H3. The van der Waals surface area contributed by atoms with Crippen molar-refractivity contribution in [3.8, 4) is 0 Å². The number of ether oxygens (including phenoxy) is 1. The van der Waals surface area contributed by atoms with E-state index in [9.17, 15) is 9.59 Å². The number of hydrogen-bond acceptors (Lipinski definition) is 3. The number of carbonyl (C=O) groups is 2. The highest BCUT2D eigenvalue weighted by molar-refractivity contribution is 5.74. The summed E-state index contributed by atoms with van der Waals surface area (Å²) < 4.78 is 5.51. The quantitative estimate of drug-likeness (QED) is 0.738. The number of nitrogens with zero attached hydrogens (tertiary/aromatic N) is 1. The highest BCUT2D eigenvalue weighted by Gasteiger charge is 2.35. The third-order valence-electron chi connectivity index (χ3n) is 3.72. The minimum atomic E-state index is -0.533. The lowest BCUT2D eigenvalue weighted by atomic mass is 9.91. The highest BCUT2D eigenvalue weighted by Crippen LogP contribution is 2.27. The Labute approximate surface area is 122 Å². The fourth-order valence-electron chi connectivity index (χ4n) is 2.73. The highest BCUT2D eigenvalue weighted by atomic mass is 16.6. The lowest BCUT2D eigenvalue weighted by Gasteiger charge is -2.40. The van der Waals surface area contributed by atoms with Crippen molar-refractivity contribution in [2.45, 2.75) is 84.4 Å². The van der Waals surface area contributed by atoms with Gasteiger partial charge in [0.2, 0.25) is 0 Å². The summed E-state index contributed by atoms with van der Waals surface area (Å²) in [7, 11) is 0. The summed E-state index contributed by atoms with van der Waals surface area (Å²) in [5, 5.41) is 0. The molecule has 0 aromatic carbocycles. The smallest absolute Gasteiger partial charge is 0.411 e. The number of aldehydes is 1. The van der Waals surface area contributed by atoms with Crippen LogP contribution < -0.4 is 0 Å². The number of carbonyl (C=O) groups excluding carboxylic acids is 2. The molecule has 1 aliphatic rings. The van der Waals surface area contributed by atoms with Crippen molar-refractivity contribution in [1.29, 1.82) is 0 Å². The van der Waals surface area contributed by atoms with E-state index in [1.165, 1.54) is 6.42 Å². The Morgan fingerprint density at radius 1 is 1.20 bits per heavy atom. The molecule has 1 unspecified atom stereocenters. The van der Waals surface area contributed by atoms with Crippen LogP contribution in [-0.2, 0) is 9.53 Å². The SMILES string of the molecule is CC(C)C(C=O)N(C(=O)OC(C)(C)C)C1CCCCC1. The van der Waals surface area contributed by atoms with Gasteiger partial charge in [0.05, 0.1) is 6.04 Å². The van der Waals surface area contributed by atoms with Crippen molar-refractivity contribution in [1.82, 2.24) is 4.90 Å². The largest absolute Gasteiger partial charge is 0.444 e. The van der Waals surface area contributed by atoms with Crippen LogP contribution in [0.3, 0.4) is 0 Å². The first-order valence-corrected chi connectivity index (χ1v) is 7.73. The summed E-state index contributed by atoms with van der Waals surface area (Å²) in [6.07, 6.45) is 5.93. The molecule has 4 nitrogen and oxygen atoms in total. The molecule has 0 bridgehead atoms. The molecule has 0 saturated heterocycles. The Bertz CT molecular complexity index is 327. The normalized spacial score (nSPS) is 18.7. The molecule has 20 heavy (non-hydrogen) atoms. The summed E-state index contributed by atoms with van der Waals surface area (Å²) in [4.78, 5) is 25.7. The Morgan fingerprint density at radius 2 is 1.75 bits per heavy atom. The number of rotatable bonds is 4. The minimum absolute atomic E-state index is 0.0990. The van der Waals surface area contributed by atoms with E-state index in [0.717, 1.165) is 32.0 Å². The number of hydrogen-bond donors (Lipinski definition) is 0. The molecular weight excluding hydrogens is 254 g/mol. The van der Waals surface area contributed by atoms with Crippen LogP contribution in [0.25, 0.3) is 0 Å². The van der Waals surface area contributed by atoms with Crippen LogP contribution >= 0.6 is 0 Å². The predicted molar refractivity (Wildman–Crippen MR) is 79.6 cm³/mol. The van der Waals surface area contributed by atoms with E-state index in [1.54, 1.807) is 4.90 Å². The van der Waals surface area contributed by atoms with E-state index in [-0.39, 0.29) is 18.1 Å². The molecule has 116 valence electrons. The maximum atomic E-state index is 12.5. The summed E-state index contributed by atoms with van der Waals surface area (Å²) in [5.41, 5.74) is -0.533. The zero-order chi connectivity index (χ0) is 15.3. The molecule has 0 aromatic rings. The van der Waals surface area contributed by atoms with E-state index in [2.05, 4.69) is 0 Å². The molecule has 1 amide bonds. The van der Waals surface area contributed by atoms with Crippen LogP contribution in [-0.4, -0.2) is 35.0 Å². The second kappa shape index (κ2) is 7.09. The third kappa shape index (κ3) is 4.80. The molecular formula is C16H29NO3. The molecule has 0 spiro atoms. The van der Waals surface area contributed by atoms with Gasteiger partial charge in [0.1, 0.15) is 11.9 Å². The zero-order valence-electron chi connectivity index (χ0n) is 13.5. The van der Waals surface area contributed by atoms with Crippen molar-refractivity contribution in [3.63, 3.8) is 0 Å². The van der Waals surface area contributed by atoms with Gasteiger partial charge < -0.3 is 9.53 Å². The van der Waals surface area contributed by atoms with Gasteiger partial charge in [-0.2, -0.15) is 0 Å². The second-order valence-corrected chi connectivity index (χ2v) is 7.05. The zero-order valence-corrected chi connectivity index (χ0v) is 13.5. The van der Waals surface area contributed by atoms with Gasteiger partial charge in [0, 0.05) is 6.04 Å². The van der Waals surface area contributed by atoms with Gasteiger partial charge >= 0.3 is 6.09 Å². The van der Waals surface area contributed by atoms with Gasteiger partial charge in [-0.05, 0) is 39.5 Å². The van der Waals surface area contributed by atoms with E-state index in [0.29, 0.717) is 0 Å². The first kappa shape index (κ1) is 17.0. The van der Waals surface area contributed by atoms with Crippen molar-refractivity contribution >= 4 is 12.4 Å². The molecule has 0 N–H and O–H groups in total. The average Bonchev–Trinajstić information content (AvgIpc) is 2.33. The summed E-state index contributed by atoms with van der Waals surface area (Å²) in [5.74, 6) is 0.0990.